The van der Waals surface area contributed by atoms with E-state index >= 15 is 0 Å². The molecule has 0 aromatic heterocycles. The third-order valence-electron chi connectivity index (χ3n) is 3.46. The lowest BCUT2D eigenvalue weighted by Crippen LogP contribution is -2.35. The van der Waals surface area contributed by atoms with E-state index in [-0.39, 0.29) is 12.1 Å². The molecular weight excluding hydrogens is 246 g/mol. The number of hydrogen-bond acceptors (Lipinski definition) is 2. The molecule has 20 heavy (non-hydrogen) atoms. The largest absolute Gasteiger partial charge is 0.488 e. The van der Waals surface area contributed by atoms with Crippen LogP contribution in [0.2, 0.25) is 0 Å². The van der Waals surface area contributed by atoms with Gasteiger partial charge in [-0.1, -0.05) is 56.3 Å². The second-order valence-electron chi connectivity index (χ2n) is 5.58. The number of benzene rings is 2. The molecule has 0 spiro atoms. The maximum absolute atomic E-state index is 6.40. The fourth-order valence-corrected chi connectivity index (χ4v) is 2.33. The van der Waals surface area contributed by atoms with Gasteiger partial charge in [0, 0.05) is 0 Å². The third kappa shape index (κ3) is 3.61. The summed E-state index contributed by atoms with van der Waals surface area (Å²) in [6.07, 6.45) is -0.0424. The molecule has 0 aliphatic carbocycles. The molecule has 0 amide bonds. The van der Waals surface area contributed by atoms with Crippen LogP contribution in [0, 0.1) is 12.8 Å². The highest BCUT2D eigenvalue weighted by Crippen LogP contribution is 2.25. The zero-order valence-electron chi connectivity index (χ0n) is 12.4. The van der Waals surface area contributed by atoms with Crippen LogP contribution in [0.1, 0.15) is 31.0 Å². The number of hydrogen-bond donors (Lipinski definition) is 1. The van der Waals surface area contributed by atoms with Crippen molar-refractivity contribution in [3.05, 3.63) is 65.7 Å². The summed E-state index contributed by atoms with van der Waals surface area (Å²) in [6, 6.07) is 18.1. The van der Waals surface area contributed by atoms with Gasteiger partial charge < -0.3 is 10.5 Å². The van der Waals surface area contributed by atoms with Crippen LogP contribution in [0.25, 0.3) is 0 Å². The highest BCUT2D eigenvalue weighted by Gasteiger charge is 2.24. The van der Waals surface area contributed by atoms with Gasteiger partial charge >= 0.3 is 0 Å². The van der Waals surface area contributed by atoms with Crippen molar-refractivity contribution < 1.29 is 4.74 Å². The SMILES string of the molecule is Cc1cccc(OC(C(C)C)C(N)c2ccccc2)c1. The minimum Gasteiger partial charge on any atom is -0.488 e. The first-order valence-corrected chi connectivity index (χ1v) is 7.12. The van der Waals surface area contributed by atoms with Gasteiger partial charge in [0.2, 0.25) is 0 Å². The molecule has 0 aliphatic heterocycles. The van der Waals surface area contributed by atoms with Crippen molar-refractivity contribution in [1.82, 2.24) is 0 Å². The van der Waals surface area contributed by atoms with Gasteiger partial charge in [0.05, 0.1) is 6.04 Å². The molecule has 2 unspecified atom stereocenters. The monoisotopic (exact) mass is 269 g/mol. The third-order valence-corrected chi connectivity index (χ3v) is 3.46. The van der Waals surface area contributed by atoms with Gasteiger partial charge in [-0.05, 0) is 36.1 Å². The van der Waals surface area contributed by atoms with E-state index in [1.54, 1.807) is 0 Å². The van der Waals surface area contributed by atoms with E-state index in [1.165, 1.54) is 5.56 Å². The highest BCUT2D eigenvalue weighted by atomic mass is 16.5. The number of nitrogens with two attached hydrogens (primary N) is 1. The van der Waals surface area contributed by atoms with Crippen LogP contribution in [-0.2, 0) is 0 Å². The van der Waals surface area contributed by atoms with Crippen molar-refractivity contribution in [2.45, 2.75) is 32.9 Å². The van der Waals surface area contributed by atoms with Gasteiger partial charge in [-0.2, -0.15) is 0 Å². The van der Waals surface area contributed by atoms with Gasteiger partial charge in [-0.25, -0.2) is 0 Å². The molecule has 2 atom stereocenters. The molecular formula is C18H23NO. The smallest absolute Gasteiger partial charge is 0.120 e. The Labute approximate surface area is 121 Å². The number of aryl methyl sites for hydroxylation is 1. The topological polar surface area (TPSA) is 35.2 Å². The predicted molar refractivity (Wildman–Crippen MR) is 83.8 cm³/mol. The second-order valence-corrected chi connectivity index (χ2v) is 5.58. The molecule has 0 radical (unpaired) electrons. The number of rotatable bonds is 5. The molecule has 0 heterocycles. The lowest BCUT2D eigenvalue weighted by molar-refractivity contribution is 0.123. The van der Waals surface area contributed by atoms with Crippen LogP contribution in [0.15, 0.2) is 54.6 Å². The first-order chi connectivity index (χ1) is 9.58. The normalized spacial score (nSPS) is 14.1. The second kappa shape index (κ2) is 6.58. The molecule has 0 saturated heterocycles. The summed E-state index contributed by atoms with van der Waals surface area (Å²) < 4.78 is 6.15. The molecule has 2 aromatic carbocycles. The Hall–Kier alpha value is -1.80. The maximum atomic E-state index is 6.40. The van der Waals surface area contributed by atoms with Crippen LogP contribution in [-0.4, -0.2) is 6.10 Å². The van der Waals surface area contributed by atoms with Crippen molar-refractivity contribution in [1.29, 1.82) is 0 Å². The van der Waals surface area contributed by atoms with Crippen LogP contribution in [0.5, 0.6) is 5.75 Å². The lowest BCUT2D eigenvalue weighted by atomic mass is 9.94. The van der Waals surface area contributed by atoms with Gasteiger partial charge in [-0.3, -0.25) is 0 Å². The fraction of sp³-hybridized carbons (Fsp3) is 0.333. The van der Waals surface area contributed by atoms with Crippen LogP contribution in [0.4, 0.5) is 0 Å². The zero-order valence-corrected chi connectivity index (χ0v) is 12.4. The van der Waals surface area contributed by atoms with Gasteiger partial charge in [-0.15, -0.1) is 0 Å². The van der Waals surface area contributed by atoms with Crippen LogP contribution >= 0.6 is 0 Å². The van der Waals surface area contributed by atoms with Crippen molar-refractivity contribution in [3.63, 3.8) is 0 Å². The van der Waals surface area contributed by atoms with E-state index < -0.39 is 0 Å². The first-order valence-electron chi connectivity index (χ1n) is 7.12. The molecule has 106 valence electrons. The quantitative estimate of drug-likeness (QED) is 0.887. The summed E-state index contributed by atoms with van der Waals surface area (Å²) in [6.45, 7) is 6.35. The minimum atomic E-state index is -0.128. The Balaban J connectivity index is 2.19. The minimum absolute atomic E-state index is 0.0424. The summed E-state index contributed by atoms with van der Waals surface area (Å²) in [4.78, 5) is 0. The van der Waals surface area contributed by atoms with E-state index in [0.29, 0.717) is 5.92 Å². The Morgan fingerprint density at radius 1 is 0.950 bits per heavy atom. The van der Waals surface area contributed by atoms with Crippen molar-refractivity contribution >= 4 is 0 Å². The summed E-state index contributed by atoms with van der Waals surface area (Å²) in [7, 11) is 0. The maximum Gasteiger partial charge on any atom is 0.120 e. The van der Waals surface area contributed by atoms with Crippen molar-refractivity contribution in [3.8, 4) is 5.75 Å². The van der Waals surface area contributed by atoms with E-state index in [9.17, 15) is 0 Å². The molecule has 0 bridgehead atoms. The lowest BCUT2D eigenvalue weighted by Gasteiger charge is -2.28. The molecule has 2 N–H and O–H groups in total. The average molecular weight is 269 g/mol. The molecule has 0 saturated carbocycles. The summed E-state index contributed by atoms with van der Waals surface area (Å²) >= 11 is 0. The summed E-state index contributed by atoms with van der Waals surface area (Å²) in [5.74, 6) is 1.22. The molecule has 2 rings (SSSR count). The van der Waals surface area contributed by atoms with E-state index in [1.807, 2.05) is 36.4 Å². The average Bonchev–Trinajstić information content (AvgIpc) is 2.45. The van der Waals surface area contributed by atoms with E-state index in [4.69, 9.17) is 10.5 Å². The molecule has 0 aliphatic rings. The Morgan fingerprint density at radius 2 is 1.65 bits per heavy atom. The van der Waals surface area contributed by atoms with E-state index in [2.05, 4.69) is 39.0 Å². The Morgan fingerprint density at radius 3 is 2.25 bits per heavy atom. The van der Waals surface area contributed by atoms with Gasteiger partial charge in [0.15, 0.2) is 0 Å². The van der Waals surface area contributed by atoms with Crippen molar-refractivity contribution in [2.75, 3.05) is 0 Å². The van der Waals surface area contributed by atoms with Gasteiger partial charge in [0.25, 0.3) is 0 Å². The zero-order chi connectivity index (χ0) is 14.5. The number of ether oxygens (including phenoxy) is 1. The van der Waals surface area contributed by atoms with Crippen LogP contribution in [0.3, 0.4) is 0 Å². The summed E-state index contributed by atoms with van der Waals surface area (Å²) in [5, 5.41) is 0. The standard InChI is InChI=1S/C18H23NO/c1-13(2)18(17(19)15-9-5-4-6-10-15)20-16-11-7-8-14(3)12-16/h4-13,17-18H,19H2,1-3H3. The summed E-state index contributed by atoms with van der Waals surface area (Å²) in [5.41, 5.74) is 8.70. The fourth-order valence-electron chi connectivity index (χ4n) is 2.33. The first kappa shape index (κ1) is 14.6. The highest BCUT2D eigenvalue weighted by molar-refractivity contribution is 5.28. The molecule has 2 nitrogen and oxygen atoms in total. The van der Waals surface area contributed by atoms with Crippen LogP contribution < -0.4 is 10.5 Å². The molecule has 2 heteroatoms. The van der Waals surface area contributed by atoms with E-state index in [0.717, 1.165) is 11.3 Å². The predicted octanol–water partition coefficient (Wildman–Crippen LogP) is 4.10. The Bertz CT molecular complexity index is 536. The van der Waals surface area contributed by atoms with Gasteiger partial charge in [0.1, 0.15) is 11.9 Å². The molecule has 2 aromatic rings. The van der Waals surface area contributed by atoms with Crippen molar-refractivity contribution in [2.24, 2.45) is 11.7 Å². The molecule has 0 fully saturated rings. The Kier molecular flexibility index (Phi) is 4.80.